The molecule has 0 bridgehead atoms. The van der Waals surface area contributed by atoms with E-state index in [2.05, 4.69) is 29.1 Å². The second-order valence-electron chi connectivity index (χ2n) is 5.13. The summed E-state index contributed by atoms with van der Waals surface area (Å²) in [4.78, 5) is 22.7. The number of nitrogens with one attached hydrogen (secondary N) is 1. The fourth-order valence-corrected chi connectivity index (χ4v) is 2.10. The third-order valence-electron chi connectivity index (χ3n) is 3.52. The molecule has 1 heterocycles. The van der Waals surface area contributed by atoms with Crippen LogP contribution in [0, 0.1) is 0 Å². The van der Waals surface area contributed by atoms with Gasteiger partial charge in [-0.15, -0.1) is 0 Å². The molecule has 1 unspecified atom stereocenters. The fraction of sp³-hybridized carbons (Fsp3) is 0.353. The summed E-state index contributed by atoms with van der Waals surface area (Å²) >= 11 is 0. The number of amides is 1. The van der Waals surface area contributed by atoms with Gasteiger partial charge >= 0.3 is 0 Å². The summed E-state index contributed by atoms with van der Waals surface area (Å²) in [6.07, 6.45) is 2.41. The molecule has 22 heavy (non-hydrogen) atoms. The smallest absolute Gasteiger partial charge is 0.277 e. The van der Waals surface area contributed by atoms with Gasteiger partial charge in [-0.1, -0.05) is 25.1 Å². The lowest BCUT2D eigenvalue weighted by atomic mass is 10.2. The Morgan fingerprint density at radius 2 is 1.95 bits per heavy atom. The van der Waals surface area contributed by atoms with Gasteiger partial charge in [0, 0.05) is 24.3 Å². The van der Waals surface area contributed by atoms with Gasteiger partial charge in [0.15, 0.2) is 0 Å². The van der Waals surface area contributed by atoms with Crippen LogP contribution in [0.2, 0.25) is 0 Å². The Hall–Kier alpha value is -2.43. The molecule has 0 spiro atoms. The number of carbonyl (C=O) groups is 1. The number of nitrogens with zero attached hydrogens (tertiary/aromatic N) is 3. The normalized spacial score (nSPS) is 11.8. The maximum atomic E-state index is 12.7. The third kappa shape index (κ3) is 3.81. The Morgan fingerprint density at radius 1 is 1.23 bits per heavy atom. The summed E-state index contributed by atoms with van der Waals surface area (Å²) < 4.78 is 0. The van der Waals surface area contributed by atoms with Crippen LogP contribution in [0.4, 0.5) is 11.5 Å². The SMILES string of the molecule is CCC(C)Nc1cc(C(=O)N(CC)c2ccccc2)ncn1. The molecule has 0 aliphatic rings. The predicted molar refractivity (Wildman–Crippen MR) is 89.2 cm³/mol. The highest BCUT2D eigenvalue weighted by Crippen LogP contribution is 2.17. The van der Waals surface area contributed by atoms with Crippen molar-refractivity contribution in [2.45, 2.75) is 33.2 Å². The summed E-state index contributed by atoms with van der Waals surface area (Å²) in [5, 5.41) is 3.26. The maximum Gasteiger partial charge on any atom is 0.277 e. The minimum atomic E-state index is -0.122. The van der Waals surface area contributed by atoms with Crippen LogP contribution in [-0.4, -0.2) is 28.5 Å². The van der Waals surface area contributed by atoms with Gasteiger partial charge in [-0.2, -0.15) is 0 Å². The monoisotopic (exact) mass is 298 g/mol. The zero-order chi connectivity index (χ0) is 15.9. The van der Waals surface area contributed by atoms with Gasteiger partial charge in [0.1, 0.15) is 17.8 Å². The van der Waals surface area contributed by atoms with Gasteiger partial charge in [-0.05, 0) is 32.4 Å². The Balaban J connectivity index is 2.23. The number of aromatic nitrogens is 2. The number of hydrogen-bond donors (Lipinski definition) is 1. The van der Waals surface area contributed by atoms with E-state index in [9.17, 15) is 4.79 Å². The first kappa shape index (κ1) is 15.9. The number of hydrogen-bond acceptors (Lipinski definition) is 4. The summed E-state index contributed by atoms with van der Waals surface area (Å²) in [7, 11) is 0. The summed E-state index contributed by atoms with van der Waals surface area (Å²) in [6.45, 7) is 6.70. The topological polar surface area (TPSA) is 58.1 Å². The Kier molecular flexibility index (Phi) is 5.47. The van der Waals surface area contributed by atoms with Crippen molar-refractivity contribution in [3.05, 3.63) is 48.4 Å². The minimum Gasteiger partial charge on any atom is -0.368 e. The molecular formula is C17H22N4O. The second kappa shape index (κ2) is 7.54. The molecule has 2 rings (SSSR count). The average Bonchev–Trinajstić information content (AvgIpc) is 2.56. The molecule has 1 aromatic heterocycles. The van der Waals surface area contributed by atoms with Gasteiger partial charge in [0.05, 0.1) is 0 Å². The van der Waals surface area contributed by atoms with E-state index < -0.39 is 0 Å². The number of para-hydroxylation sites is 1. The fourth-order valence-electron chi connectivity index (χ4n) is 2.10. The molecule has 5 nitrogen and oxygen atoms in total. The molecule has 2 aromatic rings. The average molecular weight is 298 g/mol. The van der Waals surface area contributed by atoms with E-state index in [-0.39, 0.29) is 5.91 Å². The predicted octanol–water partition coefficient (Wildman–Crippen LogP) is 3.35. The molecule has 1 amide bonds. The second-order valence-corrected chi connectivity index (χ2v) is 5.13. The van der Waals surface area contributed by atoms with Crippen LogP contribution in [0.3, 0.4) is 0 Å². The van der Waals surface area contributed by atoms with Crippen LogP contribution in [-0.2, 0) is 0 Å². The molecule has 0 fully saturated rings. The third-order valence-corrected chi connectivity index (χ3v) is 3.52. The lowest BCUT2D eigenvalue weighted by Gasteiger charge is -2.21. The van der Waals surface area contributed by atoms with Crippen molar-refractivity contribution in [2.24, 2.45) is 0 Å². The number of benzene rings is 1. The Labute approximate surface area is 131 Å². The molecule has 0 aliphatic carbocycles. The van der Waals surface area contributed by atoms with Crippen molar-refractivity contribution in [3.63, 3.8) is 0 Å². The number of rotatable bonds is 6. The van der Waals surface area contributed by atoms with E-state index in [0.717, 1.165) is 12.1 Å². The van der Waals surface area contributed by atoms with Crippen LogP contribution in [0.5, 0.6) is 0 Å². The van der Waals surface area contributed by atoms with Crippen LogP contribution in [0.15, 0.2) is 42.7 Å². The van der Waals surface area contributed by atoms with Crippen molar-refractivity contribution in [2.75, 3.05) is 16.8 Å². The van der Waals surface area contributed by atoms with Crippen LogP contribution >= 0.6 is 0 Å². The highest BCUT2D eigenvalue weighted by atomic mass is 16.2. The Bertz CT molecular complexity index is 615. The first-order valence-electron chi connectivity index (χ1n) is 7.61. The molecule has 0 radical (unpaired) electrons. The van der Waals surface area contributed by atoms with E-state index in [1.54, 1.807) is 11.0 Å². The molecular weight excluding hydrogens is 276 g/mol. The van der Waals surface area contributed by atoms with Gasteiger partial charge in [0.2, 0.25) is 0 Å². The number of carbonyl (C=O) groups excluding carboxylic acids is 1. The summed E-state index contributed by atoms with van der Waals surface area (Å²) in [6, 6.07) is 11.6. The highest BCUT2D eigenvalue weighted by molar-refractivity contribution is 6.05. The number of anilines is 2. The van der Waals surface area contributed by atoms with Crippen molar-refractivity contribution in [3.8, 4) is 0 Å². The van der Waals surface area contributed by atoms with Crippen LogP contribution in [0.25, 0.3) is 0 Å². The van der Waals surface area contributed by atoms with E-state index in [0.29, 0.717) is 24.1 Å². The van der Waals surface area contributed by atoms with E-state index >= 15 is 0 Å². The van der Waals surface area contributed by atoms with Crippen molar-refractivity contribution < 1.29 is 4.79 Å². The molecule has 116 valence electrons. The van der Waals surface area contributed by atoms with E-state index in [1.807, 2.05) is 37.3 Å². The zero-order valence-electron chi connectivity index (χ0n) is 13.3. The van der Waals surface area contributed by atoms with Crippen LogP contribution in [0.1, 0.15) is 37.7 Å². The molecule has 0 aliphatic heterocycles. The van der Waals surface area contributed by atoms with Gasteiger partial charge < -0.3 is 10.2 Å². The molecule has 0 saturated heterocycles. The highest BCUT2D eigenvalue weighted by Gasteiger charge is 2.18. The zero-order valence-corrected chi connectivity index (χ0v) is 13.3. The van der Waals surface area contributed by atoms with Gasteiger partial charge in [0.25, 0.3) is 5.91 Å². The molecule has 1 aromatic carbocycles. The van der Waals surface area contributed by atoms with E-state index in [4.69, 9.17) is 0 Å². The quantitative estimate of drug-likeness (QED) is 0.888. The van der Waals surface area contributed by atoms with E-state index in [1.165, 1.54) is 6.33 Å². The first-order chi connectivity index (χ1) is 10.7. The lowest BCUT2D eigenvalue weighted by Crippen LogP contribution is -2.31. The molecule has 1 atom stereocenters. The van der Waals surface area contributed by atoms with Gasteiger partial charge in [-0.25, -0.2) is 9.97 Å². The van der Waals surface area contributed by atoms with Gasteiger partial charge in [-0.3, -0.25) is 4.79 Å². The molecule has 1 N–H and O–H groups in total. The minimum absolute atomic E-state index is 0.122. The molecule has 0 saturated carbocycles. The first-order valence-corrected chi connectivity index (χ1v) is 7.61. The lowest BCUT2D eigenvalue weighted by molar-refractivity contribution is 0.0983. The largest absolute Gasteiger partial charge is 0.368 e. The van der Waals surface area contributed by atoms with Crippen LogP contribution < -0.4 is 10.2 Å². The van der Waals surface area contributed by atoms with Crippen molar-refractivity contribution in [1.29, 1.82) is 0 Å². The standard InChI is InChI=1S/C17H22N4O/c1-4-13(3)20-16-11-15(18-12-19-16)17(22)21(5-2)14-9-7-6-8-10-14/h6-13H,4-5H2,1-3H3,(H,18,19,20). The summed E-state index contributed by atoms with van der Waals surface area (Å²) in [5.74, 6) is 0.556. The Morgan fingerprint density at radius 3 is 2.59 bits per heavy atom. The maximum absolute atomic E-state index is 12.7. The molecule has 5 heteroatoms. The van der Waals surface area contributed by atoms with Crippen molar-refractivity contribution >= 4 is 17.4 Å². The van der Waals surface area contributed by atoms with Crippen molar-refractivity contribution in [1.82, 2.24) is 9.97 Å². The summed E-state index contributed by atoms with van der Waals surface area (Å²) in [5.41, 5.74) is 1.26.